The molecular formula is C18H27NO6. The monoisotopic (exact) mass is 353 g/mol. The molecule has 1 aromatic rings. The number of benzene rings is 1. The Morgan fingerprint density at radius 1 is 1.20 bits per heavy atom. The van der Waals surface area contributed by atoms with E-state index in [1.54, 1.807) is 20.8 Å². The Balaban J connectivity index is 2.72. The lowest BCUT2D eigenvalue weighted by Gasteiger charge is -2.27. The Morgan fingerprint density at radius 2 is 1.84 bits per heavy atom. The number of carbonyl (C=O) groups is 2. The molecule has 0 aliphatic heterocycles. The summed E-state index contributed by atoms with van der Waals surface area (Å²) in [4.78, 5) is 23.9. The highest BCUT2D eigenvalue weighted by Gasteiger charge is 2.31. The van der Waals surface area contributed by atoms with Gasteiger partial charge in [0.15, 0.2) is 0 Å². The van der Waals surface area contributed by atoms with Crippen LogP contribution in [0.3, 0.4) is 0 Å². The van der Waals surface area contributed by atoms with Crippen LogP contribution in [-0.4, -0.2) is 49.1 Å². The van der Waals surface area contributed by atoms with Gasteiger partial charge in [-0.3, -0.25) is 4.79 Å². The number of hydrogen-bond donors (Lipinski definition) is 2. The Hall–Kier alpha value is -2.12. The summed E-state index contributed by atoms with van der Waals surface area (Å²) >= 11 is 0. The maximum atomic E-state index is 12.0. The first kappa shape index (κ1) is 20.9. The van der Waals surface area contributed by atoms with Crippen molar-refractivity contribution in [3.8, 4) is 0 Å². The quantitative estimate of drug-likeness (QED) is 0.693. The summed E-state index contributed by atoms with van der Waals surface area (Å²) in [6, 6.07) is 8.70. The van der Waals surface area contributed by atoms with Crippen LogP contribution in [0.15, 0.2) is 30.3 Å². The molecule has 25 heavy (non-hydrogen) atoms. The van der Waals surface area contributed by atoms with Crippen LogP contribution in [0.5, 0.6) is 0 Å². The fraction of sp³-hybridized carbons (Fsp3) is 0.556. The second-order valence-electron chi connectivity index (χ2n) is 6.57. The molecule has 0 saturated carbocycles. The molecule has 0 radical (unpaired) electrons. The summed E-state index contributed by atoms with van der Waals surface area (Å²) in [6.07, 6.45) is -0.692. The lowest BCUT2D eigenvalue weighted by atomic mass is 10.0. The third-order valence-corrected chi connectivity index (χ3v) is 3.30. The Bertz CT molecular complexity index is 540. The van der Waals surface area contributed by atoms with Crippen molar-refractivity contribution < 1.29 is 28.9 Å². The number of amides is 1. The van der Waals surface area contributed by atoms with Gasteiger partial charge in [-0.2, -0.15) is 0 Å². The zero-order chi connectivity index (χ0) is 18.9. The molecule has 1 amide bonds. The molecule has 0 bridgehead atoms. The molecule has 0 spiro atoms. The van der Waals surface area contributed by atoms with Gasteiger partial charge in [-0.05, 0) is 26.3 Å². The maximum Gasteiger partial charge on any atom is 0.407 e. The summed E-state index contributed by atoms with van der Waals surface area (Å²) < 4.78 is 15.5. The number of hydrogen-bond acceptors (Lipinski definition) is 6. The van der Waals surface area contributed by atoms with Gasteiger partial charge in [-0.15, -0.1) is 0 Å². The maximum absolute atomic E-state index is 12.0. The van der Waals surface area contributed by atoms with Gasteiger partial charge < -0.3 is 24.6 Å². The minimum atomic E-state index is -0.951. The number of methoxy groups -OCH3 is 1. The van der Waals surface area contributed by atoms with E-state index in [0.717, 1.165) is 5.56 Å². The number of rotatable bonds is 8. The molecule has 0 fully saturated rings. The van der Waals surface area contributed by atoms with Crippen molar-refractivity contribution in [3.05, 3.63) is 35.9 Å². The van der Waals surface area contributed by atoms with Crippen molar-refractivity contribution in [1.29, 1.82) is 0 Å². The van der Waals surface area contributed by atoms with Crippen LogP contribution in [0.1, 0.15) is 26.3 Å². The van der Waals surface area contributed by atoms with Gasteiger partial charge in [0.25, 0.3) is 0 Å². The van der Waals surface area contributed by atoms with Gasteiger partial charge in [0.2, 0.25) is 0 Å². The predicted molar refractivity (Wildman–Crippen MR) is 91.8 cm³/mol. The van der Waals surface area contributed by atoms with Gasteiger partial charge in [0.1, 0.15) is 11.5 Å². The molecule has 0 saturated heterocycles. The highest BCUT2D eigenvalue weighted by atomic mass is 16.6. The zero-order valence-corrected chi connectivity index (χ0v) is 15.2. The highest BCUT2D eigenvalue weighted by molar-refractivity contribution is 5.75. The smallest absolute Gasteiger partial charge is 0.407 e. The summed E-state index contributed by atoms with van der Waals surface area (Å²) in [6.45, 7) is 5.05. The lowest BCUT2D eigenvalue weighted by molar-refractivity contribution is -0.148. The van der Waals surface area contributed by atoms with Crippen LogP contribution in [0.4, 0.5) is 4.79 Å². The highest BCUT2D eigenvalue weighted by Crippen LogP contribution is 2.11. The van der Waals surface area contributed by atoms with Crippen LogP contribution in [0.2, 0.25) is 0 Å². The van der Waals surface area contributed by atoms with Crippen molar-refractivity contribution in [3.63, 3.8) is 0 Å². The normalized spacial score (nSPS) is 13.6. The van der Waals surface area contributed by atoms with E-state index in [1.165, 1.54) is 7.11 Å². The van der Waals surface area contributed by atoms with E-state index < -0.39 is 36.2 Å². The third kappa shape index (κ3) is 8.00. The molecular weight excluding hydrogens is 326 g/mol. The summed E-state index contributed by atoms with van der Waals surface area (Å²) in [5.74, 6) is -1.58. The lowest BCUT2D eigenvalue weighted by Crippen LogP contribution is -2.49. The standard InChI is InChI=1S/C18H27NO6/c1-18(2,3)25-17(22)19-15(14(10-20)16(21)23-4)12-24-11-13-8-6-5-7-9-13/h5-9,14-15,20H,10-12H2,1-4H3,(H,19,22)/t14-,15-/m0/s1. The Morgan fingerprint density at radius 3 is 2.36 bits per heavy atom. The van der Waals surface area contributed by atoms with Gasteiger partial charge in [-0.25, -0.2) is 4.79 Å². The number of nitrogens with one attached hydrogen (secondary N) is 1. The molecule has 7 nitrogen and oxygen atoms in total. The molecule has 0 heterocycles. The summed E-state index contributed by atoms with van der Waals surface area (Å²) in [5.41, 5.74) is 0.275. The number of ether oxygens (including phenoxy) is 3. The van der Waals surface area contributed by atoms with Crippen LogP contribution >= 0.6 is 0 Å². The van der Waals surface area contributed by atoms with E-state index in [9.17, 15) is 14.7 Å². The number of aliphatic hydroxyl groups excluding tert-OH is 1. The number of esters is 1. The van der Waals surface area contributed by atoms with E-state index in [1.807, 2.05) is 30.3 Å². The van der Waals surface area contributed by atoms with E-state index in [4.69, 9.17) is 9.47 Å². The van der Waals surface area contributed by atoms with Crippen molar-refractivity contribution in [2.45, 2.75) is 39.0 Å². The van der Waals surface area contributed by atoms with Crippen molar-refractivity contribution in [1.82, 2.24) is 5.32 Å². The number of alkyl carbamates (subject to hydrolysis) is 1. The fourth-order valence-corrected chi connectivity index (χ4v) is 2.11. The van der Waals surface area contributed by atoms with E-state index >= 15 is 0 Å². The van der Waals surface area contributed by atoms with Gasteiger partial charge in [-0.1, -0.05) is 30.3 Å². The van der Waals surface area contributed by atoms with Crippen LogP contribution in [-0.2, 0) is 25.6 Å². The first-order valence-corrected chi connectivity index (χ1v) is 8.06. The summed E-state index contributed by atoms with van der Waals surface area (Å²) in [7, 11) is 1.22. The molecule has 0 unspecified atom stereocenters. The second-order valence-corrected chi connectivity index (χ2v) is 6.57. The zero-order valence-electron chi connectivity index (χ0n) is 15.2. The molecule has 1 aromatic carbocycles. The van der Waals surface area contributed by atoms with Gasteiger partial charge >= 0.3 is 12.1 Å². The van der Waals surface area contributed by atoms with E-state index in [-0.39, 0.29) is 6.61 Å². The van der Waals surface area contributed by atoms with Crippen LogP contribution in [0, 0.1) is 5.92 Å². The van der Waals surface area contributed by atoms with Gasteiger partial charge in [0.05, 0.1) is 33.0 Å². The first-order chi connectivity index (χ1) is 11.8. The number of aliphatic hydroxyl groups is 1. The van der Waals surface area contributed by atoms with E-state index in [0.29, 0.717) is 6.61 Å². The number of carbonyl (C=O) groups excluding carboxylic acids is 2. The van der Waals surface area contributed by atoms with E-state index in [2.05, 4.69) is 10.1 Å². The van der Waals surface area contributed by atoms with Crippen molar-refractivity contribution >= 4 is 12.1 Å². The fourth-order valence-electron chi connectivity index (χ4n) is 2.11. The largest absolute Gasteiger partial charge is 0.469 e. The summed E-state index contributed by atoms with van der Waals surface area (Å²) in [5, 5.41) is 12.1. The Kier molecular flexibility index (Phi) is 8.37. The van der Waals surface area contributed by atoms with Crippen molar-refractivity contribution in [2.75, 3.05) is 20.3 Å². The predicted octanol–water partition coefficient (Wildman–Crippen LogP) is 1.88. The second kappa shape index (κ2) is 10.0. The molecule has 2 N–H and O–H groups in total. The minimum absolute atomic E-state index is 0.0223. The molecule has 0 aromatic heterocycles. The van der Waals surface area contributed by atoms with Crippen LogP contribution < -0.4 is 5.32 Å². The average Bonchev–Trinajstić information content (AvgIpc) is 2.54. The Labute approximate surface area is 148 Å². The molecule has 0 aliphatic rings. The topological polar surface area (TPSA) is 94.1 Å². The molecule has 0 aliphatic carbocycles. The SMILES string of the molecule is COC(=O)[C@@H](CO)[C@H](COCc1ccccc1)NC(=O)OC(C)(C)C. The third-order valence-electron chi connectivity index (χ3n) is 3.30. The molecule has 7 heteroatoms. The molecule has 1 rings (SSSR count). The average molecular weight is 353 g/mol. The molecule has 2 atom stereocenters. The van der Waals surface area contributed by atoms with Crippen molar-refractivity contribution in [2.24, 2.45) is 5.92 Å². The minimum Gasteiger partial charge on any atom is -0.469 e. The molecule has 140 valence electrons. The first-order valence-electron chi connectivity index (χ1n) is 8.06. The van der Waals surface area contributed by atoms with Gasteiger partial charge in [0, 0.05) is 0 Å². The van der Waals surface area contributed by atoms with Crippen LogP contribution in [0.25, 0.3) is 0 Å².